The van der Waals surface area contributed by atoms with Crippen LogP contribution < -0.4 is 10.2 Å². The fraction of sp³-hybridized carbons (Fsp3) is 0.0833. The lowest BCUT2D eigenvalue weighted by molar-refractivity contribution is 0.462. The first-order valence-electron chi connectivity index (χ1n) is 4.71. The van der Waals surface area contributed by atoms with Gasteiger partial charge in [-0.25, -0.2) is 0 Å². The number of hydrogen-bond donors (Lipinski definition) is 0. The van der Waals surface area contributed by atoms with Gasteiger partial charge >= 0.3 is 0 Å². The molecular weight excluding hydrogens is 192 g/mol. The van der Waals surface area contributed by atoms with Crippen LogP contribution >= 0.6 is 0 Å². The molecule has 0 amide bonds. The van der Waals surface area contributed by atoms with Crippen LogP contribution in [-0.2, 0) is 6.42 Å². The SMILES string of the molecule is O=c1ccoc2c3c(ccc12)OC=CC3. The summed E-state index contributed by atoms with van der Waals surface area (Å²) < 4.78 is 10.7. The van der Waals surface area contributed by atoms with Crippen molar-refractivity contribution >= 4 is 11.0 Å². The number of allylic oxidation sites excluding steroid dienone is 1. The molecule has 1 aromatic heterocycles. The molecule has 3 heteroatoms. The first kappa shape index (κ1) is 8.29. The topological polar surface area (TPSA) is 39.4 Å². The third kappa shape index (κ3) is 1.16. The second-order valence-corrected chi connectivity index (χ2v) is 3.40. The Bertz CT molecular complexity index is 608. The number of rotatable bonds is 0. The molecule has 0 aliphatic carbocycles. The summed E-state index contributed by atoms with van der Waals surface area (Å²) in [5.74, 6) is 0.763. The summed E-state index contributed by atoms with van der Waals surface area (Å²) in [5.41, 5.74) is 1.55. The molecule has 15 heavy (non-hydrogen) atoms. The Labute approximate surface area is 85.6 Å². The molecule has 3 nitrogen and oxygen atoms in total. The predicted molar refractivity (Wildman–Crippen MR) is 56.0 cm³/mol. The Morgan fingerprint density at radius 1 is 1.20 bits per heavy atom. The maximum atomic E-state index is 11.5. The van der Waals surface area contributed by atoms with Gasteiger partial charge in [0, 0.05) is 18.1 Å². The van der Waals surface area contributed by atoms with Crippen LogP contribution in [0.4, 0.5) is 0 Å². The summed E-state index contributed by atoms with van der Waals surface area (Å²) in [6.45, 7) is 0. The molecule has 2 heterocycles. The maximum absolute atomic E-state index is 11.5. The molecule has 0 bridgehead atoms. The zero-order valence-corrected chi connectivity index (χ0v) is 7.90. The molecule has 0 N–H and O–H groups in total. The van der Waals surface area contributed by atoms with E-state index in [0.717, 1.165) is 17.7 Å². The molecule has 0 spiro atoms. The molecule has 0 saturated carbocycles. The summed E-state index contributed by atoms with van der Waals surface area (Å²) in [6, 6.07) is 4.96. The Hall–Kier alpha value is -2.03. The molecular formula is C12H8O3. The molecule has 1 aromatic carbocycles. The summed E-state index contributed by atoms with van der Waals surface area (Å²) in [7, 11) is 0. The van der Waals surface area contributed by atoms with E-state index in [4.69, 9.17) is 9.15 Å². The lowest BCUT2D eigenvalue weighted by Crippen LogP contribution is -2.03. The molecule has 0 fully saturated rings. The van der Waals surface area contributed by atoms with Crippen molar-refractivity contribution in [3.63, 3.8) is 0 Å². The van der Waals surface area contributed by atoms with Gasteiger partial charge in [0.05, 0.1) is 17.9 Å². The molecule has 0 atom stereocenters. The highest BCUT2D eigenvalue weighted by molar-refractivity contribution is 5.82. The van der Waals surface area contributed by atoms with Crippen LogP contribution in [0.2, 0.25) is 0 Å². The Kier molecular flexibility index (Phi) is 1.65. The van der Waals surface area contributed by atoms with Crippen LogP contribution in [0.15, 0.2) is 46.0 Å². The smallest absolute Gasteiger partial charge is 0.192 e. The van der Waals surface area contributed by atoms with Gasteiger partial charge in [0.1, 0.15) is 11.3 Å². The number of ether oxygens (including phenoxy) is 1. The standard InChI is InChI=1S/C12H8O3/c13-10-5-7-15-12-8(10)3-4-11-9(12)2-1-6-14-11/h1,3-7H,2H2. The van der Waals surface area contributed by atoms with Crippen LogP contribution in [0.5, 0.6) is 5.75 Å². The van der Waals surface area contributed by atoms with Crippen LogP contribution in [0.3, 0.4) is 0 Å². The van der Waals surface area contributed by atoms with Crippen molar-refractivity contribution in [3.8, 4) is 5.75 Å². The van der Waals surface area contributed by atoms with Crippen molar-refractivity contribution in [2.24, 2.45) is 0 Å². The summed E-state index contributed by atoms with van der Waals surface area (Å²) >= 11 is 0. The van der Waals surface area contributed by atoms with E-state index in [1.165, 1.54) is 12.3 Å². The Balaban J connectivity index is 2.44. The first-order chi connectivity index (χ1) is 7.36. The van der Waals surface area contributed by atoms with E-state index in [1.807, 2.05) is 6.08 Å². The van der Waals surface area contributed by atoms with Gasteiger partial charge in [-0.05, 0) is 18.2 Å². The lowest BCUT2D eigenvalue weighted by Gasteiger charge is -2.12. The van der Waals surface area contributed by atoms with Crippen LogP contribution in [0.25, 0.3) is 11.0 Å². The number of benzene rings is 1. The zero-order chi connectivity index (χ0) is 10.3. The largest absolute Gasteiger partial charge is 0.465 e. The van der Waals surface area contributed by atoms with Gasteiger partial charge in [-0.15, -0.1) is 0 Å². The van der Waals surface area contributed by atoms with Crippen LogP contribution in [0.1, 0.15) is 5.56 Å². The van der Waals surface area contributed by atoms with E-state index in [2.05, 4.69) is 0 Å². The van der Waals surface area contributed by atoms with E-state index in [-0.39, 0.29) is 5.43 Å². The Morgan fingerprint density at radius 2 is 2.13 bits per heavy atom. The minimum absolute atomic E-state index is 0.0198. The van der Waals surface area contributed by atoms with Gasteiger partial charge in [0.25, 0.3) is 0 Å². The van der Waals surface area contributed by atoms with Crippen LogP contribution in [-0.4, -0.2) is 0 Å². The van der Waals surface area contributed by atoms with Gasteiger partial charge in [0.2, 0.25) is 0 Å². The van der Waals surface area contributed by atoms with Crippen molar-refractivity contribution < 1.29 is 9.15 Å². The van der Waals surface area contributed by atoms with E-state index in [0.29, 0.717) is 11.0 Å². The highest BCUT2D eigenvalue weighted by Gasteiger charge is 2.13. The summed E-state index contributed by atoms with van der Waals surface area (Å²) in [6.07, 6.45) is 5.70. The van der Waals surface area contributed by atoms with Gasteiger partial charge in [-0.2, -0.15) is 0 Å². The highest BCUT2D eigenvalue weighted by atomic mass is 16.5. The molecule has 0 unspecified atom stereocenters. The molecule has 3 rings (SSSR count). The average molecular weight is 200 g/mol. The zero-order valence-electron chi connectivity index (χ0n) is 7.90. The van der Waals surface area contributed by atoms with Crippen molar-refractivity contribution in [3.05, 3.63) is 52.6 Å². The Morgan fingerprint density at radius 3 is 3.07 bits per heavy atom. The molecule has 1 aliphatic rings. The quantitative estimate of drug-likeness (QED) is 0.654. The normalized spacial score (nSPS) is 13.6. The predicted octanol–water partition coefficient (Wildman–Crippen LogP) is 2.24. The second-order valence-electron chi connectivity index (χ2n) is 3.40. The average Bonchev–Trinajstić information content (AvgIpc) is 2.29. The molecule has 0 saturated heterocycles. The molecule has 2 aromatic rings. The second kappa shape index (κ2) is 2.98. The monoisotopic (exact) mass is 200 g/mol. The lowest BCUT2D eigenvalue weighted by atomic mass is 10.1. The molecule has 74 valence electrons. The molecule has 1 aliphatic heterocycles. The van der Waals surface area contributed by atoms with Gasteiger partial charge < -0.3 is 9.15 Å². The fourth-order valence-corrected chi connectivity index (χ4v) is 1.78. The van der Waals surface area contributed by atoms with Gasteiger partial charge in [0.15, 0.2) is 5.43 Å². The van der Waals surface area contributed by atoms with Gasteiger partial charge in [-0.1, -0.05) is 0 Å². The van der Waals surface area contributed by atoms with E-state index in [9.17, 15) is 4.79 Å². The highest BCUT2D eigenvalue weighted by Crippen LogP contribution is 2.29. The third-order valence-corrected chi connectivity index (χ3v) is 2.50. The molecule has 0 radical (unpaired) electrons. The van der Waals surface area contributed by atoms with Crippen molar-refractivity contribution in [1.29, 1.82) is 0 Å². The number of hydrogen-bond acceptors (Lipinski definition) is 3. The van der Waals surface area contributed by atoms with Crippen molar-refractivity contribution in [1.82, 2.24) is 0 Å². The number of fused-ring (bicyclic) bond motifs is 3. The maximum Gasteiger partial charge on any atom is 0.192 e. The van der Waals surface area contributed by atoms with E-state index in [1.54, 1.807) is 18.4 Å². The summed E-state index contributed by atoms with van der Waals surface area (Å²) in [5, 5.41) is 0.607. The van der Waals surface area contributed by atoms with Crippen molar-refractivity contribution in [2.45, 2.75) is 6.42 Å². The van der Waals surface area contributed by atoms with Crippen molar-refractivity contribution in [2.75, 3.05) is 0 Å². The third-order valence-electron chi connectivity index (χ3n) is 2.50. The minimum Gasteiger partial charge on any atom is -0.465 e. The van der Waals surface area contributed by atoms with E-state index < -0.39 is 0 Å². The summed E-state index contributed by atoms with van der Waals surface area (Å²) in [4.78, 5) is 11.5. The minimum atomic E-state index is -0.0198. The van der Waals surface area contributed by atoms with Crippen LogP contribution in [0, 0.1) is 0 Å². The van der Waals surface area contributed by atoms with E-state index >= 15 is 0 Å². The van der Waals surface area contributed by atoms with Gasteiger partial charge in [-0.3, -0.25) is 4.79 Å². The first-order valence-corrected chi connectivity index (χ1v) is 4.71. The fourth-order valence-electron chi connectivity index (χ4n) is 1.78.